The molecule has 1 spiro atoms. The molecule has 6 rings (SSSR count). The molecule has 0 unspecified atom stereocenters. The van der Waals surface area contributed by atoms with E-state index in [1.54, 1.807) is 6.33 Å². The molecular weight excluding hydrogens is 412 g/mol. The van der Waals surface area contributed by atoms with Crippen molar-refractivity contribution >= 4 is 23.0 Å². The smallest absolute Gasteiger partial charge is 0.158 e. The van der Waals surface area contributed by atoms with E-state index < -0.39 is 0 Å². The first-order chi connectivity index (χ1) is 16.2. The number of benzene rings is 2. The van der Waals surface area contributed by atoms with Crippen molar-refractivity contribution in [3.8, 4) is 0 Å². The van der Waals surface area contributed by atoms with Crippen LogP contribution in [-0.4, -0.2) is 54.7 Å². The highest BCUT2D eigenvalue weighted by atomic mass is 16.7. The lowest BCUT2D eigenvalue weighted by Crippen LogP contribution is -2.44. The maximum Gasteiger partial charge on any atom is 0.158 e. The van der Waals surface area contributed by atoms with Crippen LogP contribution in [0.4, 0.5) is 23.0 Å². The molecule has 1 aliphatic carbocycles. The molecule has 0 bridgehead atoms. The molecule has 2 aliphatic heterocycles. The molecule has 0 radical (unpaired) electrons. The van der Waals surface area contributed by atoms with Crippen molar-refractivity contribution in [3.05, 3.63) is 72.6 Å². The zero-order valence-corrected chi connectivity index (χ0v) is 19.0. The Morgan fingerprint density at radius 2 is 1.70 bits per heavy atom. The van der Waals surface area contributed by atoms with Crippen molar-refractivity contribution in [1.29, 1.82) is 0 Å². The third-order valence-electron chi connectivity index (χ3n) is 7.20. The summed E-state index contributed by atoms with van der Waals surface area (Å²) in [6.45, 7) is 5.09. The average Bonchev–Trinajstić information content (AvgIpc) is 3.53. The van der Waals surface area contributed by atoms with Crippen LogP contribution in [0.25, 0.3) is 0 Å². The van der Waals surface area contributed by atoms with Gasteiger partial charge in [-0.1, -0.05) is 30.3 Å². The molecule has 1 saturated carbocycles. The minimum absolute atomic E-state index is 0.185. The standard InChI is InChI=1S/C26H30N6O/c1-30-13-15-31(16-14-30)22-9-7-21(8-10-22)29-23-17-24(28-19-27-23)32-25(20-5-3-2-4-6-20)26(11-12-26)18-33-32/h2-10,17,19,25H,11-16,18H2,1H3,(H,27,28,29)/t25-/m1/s1. The van der Waals surface area contributed by atoms with E-state index in [1.165, 1.54) is 24.1 Å². The lowest BCUT2D eigenvalue weighted by Gasteiger charge is -2.34. The number of nitrogens with zero attached hydrogens (tertiary/aromatic N) is 5. The van der Waals surface area contributed by atoms with Gasteiger partial charge >= 0.3 is 0 Å². The fraction of sp³-hybridized carbons (Fsp3) is 0.385. The summed E-state index contributed by atoms with van der Waals surface area (Å²) >= 11 is 0. The maximum absolute atomic E-state index is 6.19. The van der Waals surface area contributed by atoms with Gasteiger partial charge in [0.1, 0.15) is 12.1 Å². The molecule has 1 aromatic heterocycles. The maximum atomic E-state index is 6.19. The fourth-order valence-corrected chi connectivity index (χ4v) is 5.01. The third kappa shape index (κ3) is 4.03. The van der Waals surface area contributed by atoms with Gasteiger partial charge in [-0.25, -0.2) is 15.0 Å². The molecule has 1 N–H and O–H groups in total. The molecule has 33 heavy (non-hydrogen) atoms. The number of hydrogen-bond donors (Lipinski definition) is 1. The predicted molar refractivity (Wildman–Crippen MR) is 131 cm³/mol. The lowest BCUT2D eigenvalue weighted by molar-refractivity contribution is 0.149. The number of aromatic nitrogens is 2. The first-order valence-corrected chi connectivity index (χ1v) is 11.8. The van der Waals surface area contributed by atoms with Crippen LogP contribution in [0.3, 0.4) is 0 Å². The molecule has 0 amide bonds. The Labute approximate surface area is 195 Å². The number of likely N-dealkylation sites (N-methyl/N-ethyl adjacent to an activating group) is 1. The normalized spacial score (nSPS) is 22.0. The summed E-state index contributed by atoms with van der Waals surface area (Å²) in [7, 11) is 2.18. The van der Waals surface area contributed by atoms with Crippen LogP contribution in [0.5, 0.6) is 0 Å². The van der Waals surface area contributed by atoms with E-state index in [0.717, 1.165) is 50.1 Å². The van der Waals surface area contributed by atoms with E-state index in [4.69, 9.17) is 4.84 Å². The van der Waals surface area contributed by atoms with E-state index in [0.29, 0.717) is 0 Å². The van der Waals surface area contributed by atoms with Gasteiger partial charge < -0.3 is 15.1 Å². The zero-order chi connectivity index (χ0) is 22.3. The molecule has 3 aromatic rings. The second-order valence-corrected chi connectivity index (χ2v) is 9.50. The number of hydroxylamine groups is 1. The van der Waals surface area contributed by atoms with Crippen LogP contribution in [-0.2, 0) is 4.84 Å². The first-order valence-electron chi connectivity index (χ1n) is 11.8. The number of piperazine rings is 1. The predicted octanol–water partition coefficient (Wildman–Crippen LogP) is 4.25. The van der Waals surface area contributed by atoms with Crippen molar-refractivity contribution in [3.63, 3.8) is 0 Å². The van der Waals surface area contributed by atoms with Gasteiger partial charge in [-0.05, 0) is 49.7 Å². The van der Waals surface area contributed by atoms with Crippen molar-refractivity contribution < 1.29 is 4.84 Å². The number of hydrogen-bond acceptors (Lipinski definition) is 7. The summed E-state index contributed by atoms with van der Waals surface area (Å²) < 4.78 is 0. The molecule has 3 aliphatic rings. The van der Waals surface area contributed by atoms with Crippen molar-refractivity contribution in [2.24, 2.45) is 5.41 Å². The van der Waals surface area contributed by atoms with Gasteiger partial charge in [-0.3, -0.25) is 4.84 Å². The van der Waals surface area contributed by atoms with Crippen molar-refractivity contribution in [1.82, 2.24) is 14.9 Å². The minimum Gasteiger partial charge on any atom is -0.369 e. The SMILES string of the molecule is CN1CCN(c2ccc(Nc3cc(N4OCC5(CC5)[C@H]4c4ccccc4)ncn3)cc2)CC1. The lowest BCUT2D eigenvalue weighted by atomic mass is 9.91. The van der Waals surface area contributed by atoms with Crippen LogP contribution in [0.2, 0.25) is 0 Å². The van der Waals surface area contributed by atoms with Crippen molar-refractivity contribution in [2.75, 3.05) is 55.1 Å². The number of nitrogens with one attached hydrogen (secondary N) is 1. The van der Waals surface area contributed by atoms with Gasteiger partial charge in [-0.2, -0.15) is 0 Å². The Morgan fingerprint density at radius 3 is 2.42 bits per heavy atom. The van der Waals surface area contributed by atoms with E-state index in [1.807, 2.05) is 11.1 Å². The monoisotopic (exact) mass is 442 g/mol. The molecule has 3 heterocycles. The third-order valence-corrected chi connectivity index (χ3v) is 7.20. The van der Waals surface area contributed by atoms with Crippen LogP contribution >= 0.6 is 0 Å². The van der Waals surface area contributed by atoms with E-state index >= 15 is 0 Å². The summed E-state index contributed by atoms with van der Waals surface area (Å²) in [5.41, 5.74) is 3.76. The summed E-state index contributed by atoms with van der Waals surface area (Å²) in [4.78, 5) is 20.0. The average molecular weight is 443 g/mol. The molecule has 2 saturated heterocycles. The summed E-state index contributed by atoms with van der Waals surface area (Å²) in [6.07, 6.45) is 4.00. The van der Waals surface area contributed by atoms with E-state index in [-0.39, 0.29) is 11.5 Å². The number of anilines is 4. The quantitative estimate of drug-likeness (QED) is 0.634. The summed E-state index contributed by atoms with van der Waals surface area (Å²) in [5, 5.41) is 5.43. The van der Waals surface area contributed by atoms with Gasteiger partial charge in [0.05, 0.1) is 12.6 Å². The van der Waals surface area contributed by atoms with Crippen LogP contribution < -0.4 is 15.3 Å². The number of rotatable bonds is 5. The van der Waals surface area contributed by atoms with E-state index in [9.17, 15) is 0 Å². The van der Waals surface area contributed by atoms with Crippen LogP contribution in [0, 0.1) is 5.41 Å². The van der Waals surface area contributed by atoms with Crippen LogP contribution in [0.15, 0.2) is 67.0 Å². The second kappa shape index (κ2) is 8.32. The summed E-state index contributed by atoms with van der Waals surface area (Å²) in [6, 6.07) is 21.4. The second-order valence-electron chi connectivity index (χ2n) is 9.50. The molecule has 2 aromatic carbocycles. The minimum atomic E-state index is 0.185. The molecule has 7 nitrogen and oxygen atoms in total. The highest BCUT2D eigenvalue weighted by molar-refractivity contribution is 5.63. The zero-order valence-electron chi connectivity index (χ0n) is 19.0. The van der Waals surface area contributed by atoms with Gasteiger partial charge in [0, 0.05) is 49.0 Å². The van der Waals surface area contributed by atoms with Gasteiger partial charge in [0.25, 0.3) is 0 Å². The largest absolute Gasteiger partial charge is 0.369 e. The van der Waals surface area contributed by atoms with Gasteiger partial charge in [0.2, 0.25) is 0 Å². The Hall–Kier alpha value is -3.16. The molecule has 1 atom stereocenters. The highest BCUT2D eigenvalue weighted by Crippen LogP contribution is 2.61. The Kier molecular flexibility index (Phi) is 5.15. The van der Waals surface area contributed by atoms with Gasteiger partial charge in [0.15, 0.2) is 5.82 Å². The molecule has 3 fully saturated rings. The summed E-state index contributed by atoms with van der Waals surface area (Å²) in [5.74, 6) is 1.55. The van der Waals surface area contributed by atoms with Crippen molar-refractivity contribution in [2.45, 2.75) is 18.9 Å². The van der Waals surface area contributed by atoms with E-state index in [2.05, 4.69) is 86.7 Å². The Morgan fingerprint density at radius 1 is 0.939 bits per heavy atom. The first kappa shape index (κ1) is 20.4. The molecule has 7 heteroatoms. The molecule has 170 valence electrons. The topological polar surface area (TPSA) is 56.8 Å². The van der Waals surface area contributed by atoms with Crippen LogP contribution in [0.1, 0.15) is 24.4 Å². The fourth-order valence-electron chi connectivity index (χ4n) is 5.01. The Balaban J connectivity index is 1.19. The van der Waals surface area contributed by atoms with Gasteiger partial charge in [-0.15, -0.1) is 0 Å². The Bertz CT molecular complexity index is 1090. The molecular formula is C26H30N6O. The highest BCUT2D eigenvalue weighted by Gasteiger charge is 2.58.